The molecule has 114 valence electrons. The summed E-state index contributed by atoms with van der Waals surface area (Å²) in [7, 11) is 0. The van der Waals surface area contributed by atoms with Crippen molar-refractivity contribution in [1.82, 2.24) is 10.2 Å². The zero-order valence-corrected chi connectivity index (χ0v) is 12.5. The summed E-state index contributed by atoms with van der Waals surface area (Å²) in [5, 5.41) is 3.40. The topological polar surface area (TPSA) is 41.6 Å². The van der Waals surface area contributed by atoms with Gasteiger partial charge in [-0.25, -0.2) is 0 Å². The van der Waals surface area contributed by atoms with Crippen molar-refractivity contribution in [3.05, 3.63) is 29.8 Å². The van der Waals surface area contributed by atoms with Gasteiger partial charge in [-0.2, -0.15) is 0 Å². The third kappa shape index (κ3) is 3.56. The summed E-state index contributed by atoms with van der Waals surface area (Å²) in [5.74, 6) is 1.40. The van der Waals surface area contributed by atoms with Gasteiger partial charge < -0.3 is 15.0 Å². The fourth-order valence-electron chi connectivity index (χ4n) is 3.13. The van der Waals surface area contributed by atoms with Crippen molar-refractivity contribution in [1.29, 1.82) is 0 Å². The monoisotopic (exact) mass is 288 g/mol. The Morgan fingerprint density at radius 2 is 2.05 bits per heavy atom. The second kappa shape index (κ2) is 6.94. The van der Waals surface area contributed by atoms with Crippen LogP contribution in [-0.4, -0.2) is 43.6 Å². The Hall–Kier alpha value is -1.55. The average molecular weight is 288 g/mol. The van der Waals surface area contributed by atoms with Gasteiger partial charge in [0.05, 0.1) is 12.2 Å². The van der Waals surface area contributed by atoms with Gasteiger partial charge in [-0.15, -0.1) is 0 Å². The van der Waals surface area contributed by atoms with Gasteiger partial charge in [0.1, 0.15) is 5.75 Å². The summed E-state index contributed by atoms with van der Waals surface area (Å²) in [4.78, 5) is 14.5. The first-order valence-electron chi connectivity index (χ1n) is 8.06. The van der Waals surface area contributed by atoms with Crippen molar-refractivity contribution >= 4 is 5.91 Å². The number of carbonyl (C=O) groups excluding carboxylic acids is 1. The zero-order valence-electron chi connectivity index (χ0n) is 12.5. The minimum Gasteiger partial charge on any atom is -0.492 e. The first kappa shape index (κ1) is 14.4. The molecule has 0 unspecified atom stereocenters. The first-order chi connectivity index (χ1) is 10.3. The number of likely N-dealkylation sites (tertiary alicyclic amines) is 1. The number of rotatable bonds is 4. The third-order valence-corrected chi connectivity index (χ3v) is 4.38. The number of carbonyl (C=O) groups is 1. The Bertz CT molecular complexity index is 477. The number of nitrogens with one attached hydrogen (secondary N) is 1. The molecule has 2 aliphatic heterocycles. The summed E-state index contributed by atoms with van der Waals surface area (Å²) >= 11 is 0. The lowest BCUT2D eigenvalue weighted by atomic mass is 10.0. The Kier molecular flexibility index (Phi) is 4.76. The average Bonchev–Trinajstić information content (AvgIpc) is 3.08. The smallest absolute Gasteiger partial charge is 0.257 e. The number of amides is 1. The fraction of sp³-hybridized carbons (Fsp3) is 0.588. The molecular formula is C17H24N2O2. The van der Waals surface area contributed by atoms with Crippen molar-refractivity contribution in [2.75, 3.05) is 32.8 Å². The molecule has 4 nitrogen and oxygen atoms in total. The standard InChI is InChI=1S/C17H24N2O2/c20-17(19-10-3-4-11-19)15-7-1-2-8-16(15)21-13-14-6-5-9-18-12-14/h1-2,7-8,14,18H,3-6,9-13H2/t14-/m0/s1. The highest BCUT2D eigenvalue weighted by molar-refractivity contribution is 5.97. The molecule has 0 aliphatic carbocycles. The number of benzene rings is 1. The zero-order chi connectivity index (χ0) is 14.5. The van der Waals surface area contributed by atoms with Crippen LogP contribution in [0.3, 0.4) is 0 Å². The molecule has 1 aromatic rings. The third-order valence-electron chi connectivity index (χ3n) is 4.38. The van der Waals surface area contributed by atoms with E-state index in [2.05, 4.69) is 5.32 Å². The molecule has 21 heavy (non-hydrogen) atoms. The van der Waals surface area contributed by atoms with Crippen LogP contribution in [0, 0.1) is 5.92 Å². The molecule has 0 spiro atoms. The molecule has 2 fully saturated rings. The van der Waals surface area contributed by atoms with E-state index in [4.69, 9.17) is 4.74 Å². The van der Waals surface area contributed by atoms with Gasteiger partial charge in [0.15, 0.2) is 0 Å². The summed E-state index contributed by atoms with van der Waals surface area (Å²) in [6.07, 6.45) is 4.64. The molecule has 1 aromatic carbocycles. The van der Waals surface area contributed by atoms with E-state index < -0.39 is 0 Å². The highest BCUT2D eigenvalue weighted by Gasteiger charge is 2.22. The maximum Gasteiger partial charge on any atom is 0.257 e. The Morgan fingerprint density at radius 3 is 2.81 bits per heavy atom. The first-order valence-corrected chi connectivity index (χ1v) is 8.06. The molecular weight excluding hydrogens is 264 g/mol. The quantitative estimate of drug-likeness (QED) is 0.924. The maximum absolute atomic E-state index is 12.6. The number of para-hydroxylation sites is 1. The normalized spacial score (nSPS) is 22.3. The van der Waals surface area contributed by atoms with Crippen LogP contribution in [-0.2, 0) is 0 Å². The molecule has 0 aromatic heterocycles. The number of piperidine rings is 1. The van der Waals surface area contributed by atoms with Gasteiger partial charge in [0.2, 0.25) is 0 Å². The molecule has 2 saturated heterocycles. The van der Waals surface area contributed by atoms with E-state index in [1.165, 1.54) is 12.8 Å². The van der Waals surface area contributed by atoms with Crippen molar-refractivity contribution in [3.63, 3.8) is 0 Å². The lowest BCUT2D eigenvalue weighted by molar-refractivity contribution is 0.0787. The van der Waals surface area contributed by atoms with Crippen LogP contribution in [0.5, 0.6) is 5.75 Å². The minimum absolute atomic E-state index is 0.116. The number of hydrogen-bond donors (Lipinski definition) is 1. The number of ether oxygens (including phenoxy) is 1. The summed E-state index contributed by atoms with van der Waals surface area (Å²) in [6.45, 7) is 4.57. The van der Waals surface area contributed by atoms with E-state index in [9.17, 15) is 4.79 Å². The molecule has 1 atom stereocenters. The summed E-state index contributed by atoms with van der Waals surface area (Å²) in [5.41, 5.74) is 0.711. The van der Waals surface area contributed by atoms with Crippen molar-refractivity contribution in [2.24, 2.45) is 5.92 Å². The van der Waals surface area contributed by atoms with Gasteiger partial charge in [0.25, 0.3) is 5.91 Å². The highest BCUT2D eigenvalue weighted by atomic mass is 16.5. The molecule has 4 heteroatoms. The van der Waals surface area contributed by atoms with E-state index in [-0.39, 0.29) is 5.91 Å². The second-order valence-corrected chi connectivity index (χ2v) is 6.02. The lowest BCUT2D eigenvalue weighted by Crippen LogP contribution is -2.33. The van der Waals surface area contributed by atoms with Crippen molar-refractivity contribution in [2.45, 2.75) is 25.7 Å². The van der Waals surface area contributed by atoms with Crippen LogP contribution in [0.4, 0.5) is 0 Å². The Labute approximate surface area is 126 Å². The molecule has 1 N–H and O–H groups in total. The van der Waals surface area contributed by atoms with E-state index in [1.807, 2.05) is 29.2 Å². The van der Waals surface area contributed by atoms with Crippen LogP contribution in [0.2, 0.25) is 0 Å². The fourth-order valence-corrected chi connectivity index (χ4v) is 3.13. The molecule has 2 heterocycles. The van der Waals surface area contributed by atoms with Crippen molar-refractivity contribution < 1.29 is 9.53 Å². The van der Waals surface area contributed by atoms with E-state index >= 15 is 0 Å². The molecule has 0 radical (unpaired) electrons. The summed E-state index contributed by atoms with van der Waals surface area (Å²) in [6, 6.07) is 7.65. The van der Waals surface area contributed by atoms with Crippen LogP contribution >= 0.6 is 0 Å². The molecule has 0 saturated carbocycles. The van der Waals surface area contributed by atoms with Crippen LogP contribution < -0.4 is 10.1 Å². The van der Waals surface area contributed by atoms with Gasteiger partial charge in [-0.05, 0) is 44.4 Å². The Balaban J connectivity index is 1.65. The minimum atomic E-state index is 0.116. The molecule has 3 rings (SSSR count). The maximum atomic E-state index is 12.6. The predicted molar refractivity (Wildman–Crippen MR) is 82.7 cm³/mol. The van der Waals surface area contributed by atoms with Gasteiger partial charge in [-0.1, -0.05) is 12.1 Å². The number of hydrogen-bond acceptors (Lipinski definition) is 3. The second-order valence-electron chi connectivity index (χ2n) is 6.02. The molecule has 1 amide bonds. The highest BCUT2D eigenvalue weighted by Crippen LogP contribution is 2.23. The SMILES string of the molecule is O=C(c1ccccc1OC[C@H]1CCCNC1)N1CCCC1. The lowest BCUT2D eigenvalue weighted by Gasteiger charge is -2.24. The molecule has 2 aliphatic rings. The Morgan fingerprint density at radius 1 is 1.24 bits per heavy atom. The van der Waals surface area contributed by atoms with Gasteiger partial charge in [-0.3, -0.25) is 4.79 Å². The molecule has 0 bridgehead atoms. The number of nitrogens with zero attached hydrogens (tertiary/aromatic N) is 1. The van der Waals surface area contributed by atoms with E-state index in [0.717, 1.165) is 44.8 Å². The van der Waals surface area contributed by atoms with Crippen molar-refractivity contribution in [3.8, 4) is 5.75 Å². The van der Waals surface area contributed by atoms with Gasteiger partial charge in [0, 0.05) is 25.6 Å². The predicted octanol–water partition coefficient (Wildman–Crippen LogP) is 2.30. The van der Waals surface area contributed by atoms with Crippen LogP contribution in [0.15, 0.2) is 24.3 Å². The summed E-state index contributed by atoms with van der Waals surface area (Å²) < 4.78 is 5.97. The van der Waals surface area contributed by atoms with Crippen LogP contribution in [0.1, 0.15) is 36.0 Å². The van der Waals surface area contributed by atoms with E-state index in [1.54, 1.807) is 0 Å². The van der Waals surface area contributed by atoms with Gasteiger partial charge >= 0.3 is 0 Å². The van der Waals surface area contributed by atoms with E-state index in [0.29, 0.717) is 18.1 Å². The largest absolute Gasteiger partial charge is 0.492 e. The van der Waals surface area contributed by atoms with Crippen LogP contribution in [0.25, 0.3) is 0 Å².